The molecule has 0 unspecified atom stereocenters. The number of benzene rings is 9. The molecule has 0 radical (unpaired) electrons. The minimum absolute atomic E-state index is 0.0951. The summed E-state index contributed by atoms with van der Waals surface area (Å²) in [6, 6.07) is 58.8. The third-order valence-corrected chi connectivity index (χ3v) is 10.7. The van der Waals surface area contributed by atoms with Crippen molar-refractivity contribution in [2.45, 2.75) is 26.2 Å². The Labute approximate surface area is 286 Å². The lowest BCUT2D eigenvalue weighted by atomic mass is 9.83. The van der Waals surface area contributed by atoms with Crippen molar-refractivity contribution in [3.05, 3.63) is 163 Å². The predicted molar refractivity (Wildman–Crippen MR) is 212 cm³/mol. The highest BCUT2D eigenvalue weighted by molar-refractivity contribution is 6.26. The molecule has 0 atom stereocenters. The highest BCUT2D eigenvalue weighted by atomic mass is 15.0. The normalized spacial score (nSPS) is 12.4. The standard InChI is InChI=1S/C48H35N/c1-48(2,3)36-26-34-17-16-31-18-22-40(43-25-21-35(27-36)46(34)47(31)43)33-20-24-42-41-23-19-32(39-15-9-11-30-10-7-8-14-38(30)39)28-44(41)49(45(42)29-33)37-12-5-4-6-13-37/h4-29H,1-3H3. The van der Waals surface area contributed by atoms with Gasteiger partial charge in [0.15, 0.2) is 0 Å². The van der Waals surface area contributed by atoms with E-state index in [4.69, 9.17) is 0 Å². The highest BCUT2D eigenvalue weighted by Gasteiger charge is 2.20. The van der Waals surface area contributed by atoms with Crippen molar-refractivity contribution in [3.8, 4) is 27.9 Å². The van der Waals surface area contributed by atoms with Crippen LogP contribution in [0.15, 0.2) is 158 Å². The van der Waals surface area contributed by atoms with E-state index in [0.29, 0.717) is 0 Å². The molecule has 49 heavy (non-hydrogen) atoms. The molecule has 1 heteroatoms. The van der Waals surface area contributed by atoms with E-state index in [9.17, 15) is 0 Å². The van der Waals surface area contributed by atoms with Crippen LogP contribution in [0, 0.1) is 0 Å². The van der Waals surface area contributed by atoms with Crippen LogP contribution in [0.1, 0.15) is 26.3 Å². The monoisotopic (exact) mass is 625 g/mol. The fourth-order valence-electron chi connectivity index (χ4n) is 8.19. The molecule has 9 aromatic carbocycles. The van der Waals surface area contributed by atoms with E-state index in [-0.39, 0.29) is 5.41 Å². The van der Waals surface area contributed by atoms with Gasteiger partial charge < -0.3 is 4.57 Å². The molecule has 1 nitrogen and oxygen atoms in total. The Morgan fingerprint density at radius 2 is 0.959 bits per heavy atom. The summed E-state index contributed by atoms with van der Waals surface area (Å²) in [5.41, 5.74) is 10.1. The van der Waals surface area contributed by atoms with Crippen molar-refractivity contribution in [1.82, 2.24) is 4.57 Å². The van der Waals surface area contributed by atoms with Crippen LogP contribution in [0.3, 0.4) is 0 Å². The van der Waals surface area contributed by atoms with Crippen molar-refractivity contribution >= 4 is 64.9 Å². The van der Waals surface area contributed by atoms with E-state index in [1.54, 1.807) is 0 Å². The molecule has 1 heterocycles. The first-order chi connectivity index (χ1) is 23.9. The Kier molecular flexibility index (Phi) is 5.91. The SMILES string of the molecule is CC(C)(C)c1cc2ccc3ccc(-c4ccc5c6ccc(-c7cccc8ccccc78)cc6n(-c6ccccc6)c5c4)c4ccc(c1)c2c34. The zero-order valence-corrected chi connectivity index (χ0v) is 28.0. The van der Waals surface area contributed by atoms with Crippen LogP contribution >= 0.6 is 0 Å². The van der Waals surface area contributed by atoms with Crippen LogP contribution < -0.4 is 0 Å². The van der Waals surface area contributed by atoms with Gasteiger partial charge in [0.25, 0.3) is 0 Å². The maximum atomic E-state index is 2.45. The fraction of sp³-hybridized carbons (Fsp3) is 0.0833. The van der Waals surface area contributed by atoms with E-state index >= 15 is 0 Å². The lowest BCUT2D eigenvalue weighted by Gasteiger charge is -2.22. The van der Waals surface area contributed by atoms with Crippen LogP contribution in [0.25, 0.3) is 92.8 Å². The Hall–Kier alpha value is -5.92. The van der Waals surface area contributed by atoms with Gasteiger partial charge in [-0.25, -0.2) is 0 Å². The quantitative estimate of drug-likeness (QED) is 0.172. The maximum Gasteiger partial charge on any atom is 0.0547 e. The average molecular weight is 626 g/mol. The molecule has 0 fully saturated rings. The Bertz CT molecular complexity index is 2870. The summed E-state index contributed by atoms with van der Waals surface area (Å²) >= 11 is 0. The van der Waals surface area contributed by atoms with E-state index in [1.807, 2.05) is 0 Å². The third kappa shape index (κ3) is 4.25. The van der Waals surface area contributed by atoms with Gasteiger partial charge in [-0.2, -0.15) is 0 Å². The van der Waals surface area contributed by atoms with Gasteiger partial charge in [-0.1, -0.05) is 154 Å². The molecule has 0 N–H and O–H groups in total. The van der Waals surface area contributed by atoms with Crippen LogP contribution in [0.4, 0.5) is 0 Å². The van der Waals surface area contributed by atoms with Crippen LogP contribution in [-0.2, 0) is 5.41 Å². The molecule has 0 aliphatic heterocycles. The van der Waals surface area contributed by atoms with Crippen LogP contribution in [0.5, 0.6) is 0 Å². The molecular formula is C48H35N. The Morgan fingerprint density at radius 3 is 1.67 bits per heavy atom. The Morgan fingerprint density at radius 1 is 0.388 bits per heavy atom. The number of hydrogen-bond donors (Lipinski definition) is 0. The average Bonchev–Trinajstić information content (AvgIpc) is 3.46. The number of rotatable bonds is 3. The number of aromatic nitrogens is 1. The van der Waals surface area contributed by atoms with E-state index < -0.39 is 0 Å². The number of hydrogen-bond acceptors (Lipinski definition) is 0. The number of nitrogens with zero attached hydrogens (tertiary/aromatic N) is 1. The number of fused-ring (bicyclic) bond motifs is 4. The Balaban J connectivity index is 1.22. The largest absolute Gasteiger partial charge is 0.309 e. The van der Waals surface area contributed by atoms with Crippen molar-refractivity contribution in [2.75, 3.05) is 0 Å². The van der Waals surface area contributed by atoms with Gasteiger partial charge in [-0.15, -0.1) is 0 Å². The summed E-state index contributed by atoms with van der Waals surface area (Å²) in [6.07, 6.45) is 0. The lowest BCUT2D eigenvalue weighted by Crippen LogP contribution is -2.10. The summed E-state index contributed by atoms with van der Waals surface area (Å²) in [5.74, 6) is 0. The molecule has 0 amide bonds. The molecule has 0 aliphatic carbocycles. The lowest BCUT2D eigenvalue weighted by molar-refractivity contribution is 0.591. The summed E-state index contributed by atoms with van der Waals surface area (Å²) < 4.78 is 2.45. The zero-order chi connectivity index (χ0) is 32.9. The van der Waals surface area contributed by atoms with Crippen LogP contribution in [-0.4, -0.2) is 4.57 Å². The van der Waals surface area contributed by atoms with Gasteiger partial charge in [0.1, 0.15) is 0 Å². The molecule has 0 aliphatic rings. The van der Waals surface area contributed by atoms with Crippen molar-refractivity contribution in [1.29, 1.82) is 0 Å². The molecule has 0 bridgehead atoms. The molecular weight excluding hydrogens is 591 g/mol. The van der Waals surface area contributed by atoms with Crippen molar-refractivity contribution in [3.63, 3.8) is 0 Å². The first-order valence-electron chi connectivity index (χ1n) is 17.3. The summed E-state index contributed by atoms with van der Waals surface area (Å²) in [6.45, 7) is 6.90. The minimum atomic E-state index is 0.0951. The van der Waals surface area contributed by atoms with E-state index in [0.717, 1.165) is 0 Å². The van der Waals surface area contributed by atoms with E-state index in [1.165, 1.54) is 98.4 Å². The van der Waals surface area contributed by atoms with Gasteiger partial charge in [0, 0.05) is 16.5 Å². The topological polar surface area (TPSA) is 4.93 Å². The van der Waals surface area contributed by atoms with Crippen molar-refractivity contribution in [2.24, 2.45) is 0 Å². The second-order valence-corrected chi connectivity index (χ2v) is 14.6. The zero-order valence-electron chi connectivity index (χ0n) is 28.0. The minimum Gasteiger partial charge on any atom is -0.309 e. The van der Waals surface area contributed by atoms with Gasteiger partial charge in [0.05, 0.1) is 11.0 Å². The number of para-hydroxylation sites is 1. The van der Waals surface area contributed by atoms with Gasteiger partial charge in [-0.05, 0) is 101 Å². The summed E-state index contributed by atoms with van der Waals surface area (Å²) in [7, 11) is 0. The van der Waals surface area contributed by atoms with E-state index in [2.05, 4.69) is 183 Å². The second-order valence-electron chi connectivity index (χ2n) is 14.6. The predicted octanol–water partition coefficient (Wildman–Crippen LogP) is 13.5. The summed E-state index contributed by atoms with van der Waals surface area (Å²) in [4.78, 5) is 0. The molecule has 0 saturated carbocycles. The highest BCUT2D eigenvalue weighted by Crippen LogP contribution is 2.43. The van der Waals surface area contributed by atoms with Gasteiger partial charge in [-0.3, -0.25) is 0 Å². The van der Waals surface area contributed by atoms with Crippen molar-refractivity contribution < 1.29 is 0 Å². The van der Waals surface area contributed by atoms with Gasteiger partial charge in [0.2, 0.25) is 0 Å². The first kappa shape index (κ1) is 28.1. The molecule has 0 saturated heterocycles. The van der Waals surface area contributed by atoms with Crippen LogP contribution in [0.2, 0.25) is 0 Å². The molecule has 10 rings (SSSR count). The smallest absolute Gasteiger partial charge is 0.0547 e. The third-order valence-electron chi connectivity index (χ3n) is 10.7. The maximum absolute atomic E-state index is 2.45. The fourth-order valence-corrected chi connectivity index (χ4v) is 8.19. The molecule has 10 aromatic rings. The first-order valence-corrected chi connectivity index (χ1v) is 17.3. The second kappa shape index (κ2) is 10.3. The van der Waals surface area contributed by atoms with Gasteiger partial charge >= 0.3 is 0 Å². The summed E-state index contributed by atoms with van der Waals surface area (Å²) in [5, 5.41) is 13.0. The molecule has 232 valence electrons. The molecule has 0 spiro atoms. The molecule has 1 aromatic heterocycles.